The van der Waals surface area contributed by atoms with Crippen molar-refractivity contribution < 1.29 is 0 Å². The zero-order chi connectivity index (χ0) is 24.3. The highest BCUT2D eigenvalue weighted by Gasteiger charge is 2.27. The molecule has 5 aromatic carbocycles. The van der Waals surface area contributed by atoms with Crippen LogP contribution in [0.1, 0.15) is 0 Å². The van der Waals surface area contributed by atoms with Crippen LogP contribution < -0.4 is 0 Å². The van der Waals surface area contributed by atoms with Gasteiger partial charge in [-0.2, -0.15) is 0 Å². The highest BCUT2D eigenvalue weighted by molar-refractivity contribution is 9.10. The lowest BCUT2D eigenvalue weighted by molar-refractivity contribution is 1.09. The van der Waals surface area contributed by atoms with Crippen molar-refractivity contribution >= 4 is 15.9 Å². The molecular formula is C34H24BrN. The Labute approximate surface area is 220 Å². The van der Waals surface area contributed by atoms with Gasteiger partial charge in [0.15, 0.2) is 0 Å². The van der Waals surface area contributed by atoms with Crippen molar-refractivity contribution in [2.45, 2.75) is 0 Å². The van der Waals surface area contributed by atoms with Crippen molar-refractivity contribution in [1.82, 2.24) is 4.57 Å². The number of rotatable bonds is 5. The number of benzene rings is 5. The van der Waals surface area contributed by atoms with Gasteiger partial charge in [-0.3, -0.25) is 0 Å². The summed E-state index contributed by atoms with van der Waals surface area (Å²) >= 11 is 3.72. The molecule has 0 atom stereocenters. The molecule has 0 unspecified atom stereocenters. The summed E-state index contributed by atoms with van der Waals surface area (Å²) in [5.41, 5.74) is 10.7. The lowest BCUT2D eigenvalue weighted by Gasteiger charge is -2.16. The van der Waals surface area contributed by atoms with E-state index in [0.717, 1.165) is 10.2 Å². The second-order valence-electron chi connectivity index (χ2n) is 8.73. The van der Waals surface area contributed by atoms with Crippen LogP contribution in [-0.4, -0.2) is 4.57 Å². The Morgan fingerprint density at radius 2 is 0.778 bits per heavy atom. The first kappa shape index (κ1) is 22.3. The minimum absolute atomic E-state index is 1.05. The molecule has 172 valence electrons. The van der Waals surface area contributed by atoms with E-state index in [-0.39, 0.29) is 0 Å². The molecule has 0 fully saturated rings. The quantitative estimate of drug-likeness (QED) is 0.211. The van der Waals surface area contributed by atoms with Crippen LogP contribution in [0.15, 0.2) is 150 Å². The van der Waals surface area contributed by atoms with Crippen molar-refractivity contribution in [3.63, 3.8) is 0 Å². The Hall–Kier alpha value is -4.14. The molecule has 0 spiro atoms. The topological polar surface area (TPSA) is 4.93 Å². The Morgan fingerprint density at radius 1 is 0.389 bits per heavy atom. The summed E-state index contributed by atoms with van der Waals surface area (Å²) < 4.78 is 3.48. The molecule has 0 aliphatic heterocycles. The Kier molecular flexibility index (Phi) is 6.11. The third-order valence-corrected chi connectivity index (χ3v) is 6.95. The van der Waals surface area contributed by atoms with Gasteiger partial charge in [0.25, 0.3) is 0 Å². The molecule has 36 heavy (non-hydrogen) atoms. The first-order valence-electron chi connectivity index (χ1n) is 12.1. The largest absolute Gasteiger partial charge is 0.308 e. The molecule has 1 nitrogen and oxygen atoms in total. The van der Waals surface area contributed by atoms with E-state index in [1.165, 1.54) is 44.8 Å². The summed E-state index contributed by atoms with van der Waals surface area (Å²) in [6, 6.07) is 51.5. The lowest BCUT2D eigenvalue weighted by Crippen LogP contribution is -2.00. The van der Waals surface area contributed by atoms with Gasteiger partial charge in [0.05, 0.1) is 11.4 Å². The van der Waals surface area contributed by atoms with E-state index in [2.05, 4.69) is 166 Å². The van der Waals surface area contributed by atoms with Crippen molar-refractivity contribution in [3.05, 3.63) is 150 Å². The SMILES string of the molecule is Brc1cccc(-n2c(-c3ccccc3)c(-c3ccccc3)c(-c3ccccc3)c2-c2ccccc2)c1. The fourth-order valence-corrected chi connectivity index (χ4v) is 5.34. The van der Waals surface area contributed by atoms with E-state index >= 15 is 0 Å². The van der Waals surface area contributed by atoms with Crippen molar-refractivity contribution in [3.8, 4) is 50.5 Å². The van der Waals surface area contributed by atoms with Gasteiger partial charge in [0, 0.05) is 21.3 Å². The van der Waals surface area contributed by atoms with Gasteiger partial charge in [-0.1, -0.05) is 143 Å². The van der Waals surface area contributed by atoms with Crippen LogP contribution in [0.2, 0.25) is 0 Å². The predicted octanol–water partition coefficient (Wildman–Crippen LogP) is 9.91. The van der Waals surface area contributed by atoms with Gasteiger partial charge in [-0.05, 0) is 40.5 Å². The molecule has 0 amide bonds. The Bertz CT molecular complexity index is 1500. The number of nitrogens with zero attached hydrogens (tertiary/aromatic N) is 1. The van der Waals surface area contributed by atoms with E-state index in [1.54, 1.807) is 0 Å². The first-order chi connectivity index (χ1) is 17.8. The molecule has 0 radical (unpaired) electrons. The van der Waals surface area contributed by atoms with Crippen LogP contribution in [0.25, 0.3) is 50.5 Å². The van der Waals surface area contributed by atoms with Gasteiger partial charge in [0.1, 0.15) is 0 Å². The smallest absolute Gasteiger partial charge is 0.0619 e. The van der Waals surface area contributed by atoms with Crippen LogP contribution >= 0.6 is 15.9 Å². The number of hydrogen-bond donors (Lipinski definition) is 0. The minimum atomic E-state index is 1.05. The van der Waals surface area contributed by atoms with Gasteiger partial charge in [-0.15, -0.1) is 0 Å². The van der Waals surface area contributed by atoms with Gasteiger partial charge in [0.2, 0.25) is 0 Å². The average Bonchev–Trinajstić information content (AvgIpc) is 3.31. The number of hydrogen-bond acceptors (Lipinski definition) is 0. The lowest BCUT2D eigenvalue weighted by atomic mass is 9.91. The molecule has 0 bridgehead atoms. The second-order valence-corrected chi connectivity index (χ2v) is 9.64. The van der Waals surface area contributed by atoms with Crippen molar-refractivity contribution in [1.29, 1.82) is 0 Å². The molecule has 6 aromatic rings. The van der Waals surface area contributed by atoms with E-state index in [9.17, 15) is 0 Å². The summed E-state index contributed by atoms with van der Waals surface area (Å²) in [6.07, 6.45) is 0. The third-order valence-electron chi connectivity index (χ3n) is 6.46. The fraction of sp³-hybridized carbons (Fsp3) is 0. The molecule has 0 aliphatic rings. The second kappa shape index (κ2) is 9.85. The summed E-state index contributed by atoms with van der Waals surface area (Å²) in [4.78, 5) is 0. The molecule has 1 aromatic heterocycles. The molecule has 0 saturated heterocycles. The predicted molar refractivity (Wildman–Crippen MR) is 155 cm³/mol. The molecule has 0 saturated carbocycles. The maximum Gasteiger partial charge on any atom is 0.0619 e. The Morgan fingerprint density at radius 3 is 1.17 bits per heavy atom. The monoisotopic (exact) mass is 525 g/mol. The fourth-order valence-electron chi connectivity index (χ4n) is 4.96. The highest BCUT2D eigenvalue weighted by atomic mass is 79.9. The van der Waals surface area contributed by atoms with E-state index < -0.39 is 0 Å². The van der Waals surface area contributed by atoms with Crippen LogP contribution in [0, 0.1) is 0 Å². The van der Waals surface area contributed by atoms with Crippen LogP contribution in [-0.2, 0) is 0 Å². The first-order valence-corrected chi connectivity index (χ1v) is 12.9. The van der Waals surface area contributed by atoms with Gasteiger partial charge < -0.3 is 4.57 Å². The third kappa shape index (κ3) is 4.10. The van der Waals surface area contributed by atoms with Crippen molar-refractivity contribution in [2.75, 3.05) is 0 Å². The molecule has 1 heterocycles. The van der Waals surface area contributed by atoms with Gasteiger partial charge in [-0.25, -0.2) is 0 Å². The summed E-state index contributed by atoms with van der Waals surface area (Å²) in [6.45, 7) is 0. The van der Waals surface area contributed by atoms with Crippen LogP contribution in [0.4, 0.5) is 0 Å². The molecular weight excluding hydrogens is 502 g/mol. The van der Waals surface area contributed by atoms with Crippen LogP contribution in [0.5, 0.6) is 0 Å². The van der Waals surface area contributed by atoms with E-state index in [4.69, 9.17) is 0 Å². The minimum Gasteiger partial charge on any atom is -0.308 e. The maximum atomic E-state index is 3.72. The highest BCUT2D eigenvalue weighted by Crippen LogP contribution is 2.49. The molecule has 0 aliphatic carbocycles. The summed E-state index contributed by atoms with van der Waals surface area (Å²) in [7, 11) is 0. The standard InChI is InChI=1S/C34H24BrN/c35-29-22-13-23-30(24-29)36-33(27-18-9-3-10-19-27)31(25-14-5-1-6-15-25)32(26-16-7-2-8-17-26)34(36)28-20-11-4-12-21-28/h1-24H. The Balaban J connectivity index is 1.86. The van der Waals surface area contributed by atoms with E-state index in [0.29, 0.717) is 0 Å². The van der Waals surface area contributed by atoms with Gasteiger partial charge >= 0.3 is 0 Å². The number of aromatic nitrogens is 1. The maximum absolute atomic E-state index is 3.72. The molecule has 0 N–H and O–H groups in total. The normalized spacial score (nSPS) is 10.9. The van der Waals surface area contributed by atoms with Crippen LogP contribution in [0.3, 0.4) is 0 Å². The number of halogens is 1. The molecule has 2 heteroatoms. The average molecular weight is 526 g/mol. The van der Waals surface area contributed by atoms with E-state index in [1.807, 2.05) is 0 Å². The van der Waals surface area contributed by atoms with Crippen molar-refractivity contribution in [2.24, 2.45) is 0 Å². The summed E-state index contributed by atoms with van der Waals surface area (Å²) in [5.74, 6) is 0. The summed E-state index contributed by atoms with van der Waals surface area (Å²) in [5, 5.41) is 0. The molecule has 6 rings (SSSR count). The zero-order valence-electron chi connectivity index (χ0n) is 19.7. The zero-order valence-corrected chi connectivity index (χ0v) is 21.3.